The lowest BCUT2D eigenvalue weighted by molar-refractivity contribution is 0.0696. The number of hydrogen-bond acceptors (Lipinski definition) is 1. The van der Waals surface area contributed by atoms with Gasteiger partial charge >= 0.3 is 5.97 Å². The lowest BCUT2D eigenvalue weighted by Gasteiger charge is -2.09. The van der Waals surface area contributed by atoms with Gasteiger partial charge in [-0.25, -0.2) is 4.79 Å². The number of carbonyl (C=O) groups is 1. The lowest BCUT2D eigenvalue weighted by atomic mass is 9.96. The lowest BCUT2D eigenvalue weighted by Crippen LogP contribution is -2.01. The molecule has 2 nitrogen and oxygen atoms in total. The Bertz CT molecular complexity index is 557. The summed E-state index contributed by atoms with van der Waals surface area (Å²) in [5.74, 6) is -0.872. The van der Waals surface area contributed by atoms with Crippen LogP contribution in [0.25, 0.3) is 11.1 Å². The molecule has 0 aliphatic heterocycles. The maximum Gasteiger partial charge on any atom is 0.335 e. The van der Waals surface area contributed by atoms with Gasteiger partial charge in [-0.2, -0.15) is 0 Å². The van der Waals surface area contributed by atoms with E-state index in [0.717, 1.165) is 22.3 Å². The van der Waals surface area contributed by atoms with Crippen molar-refractivity contribution in [1.82, 2.24) is 0 Å². The Hall–Kier alpha value is -2.09. The number of carboxylic acid groups (broad SMARTS) is 1. The van der Waals surface area contributed by atoms with E-state index < -0.39 is 5.97 Å². The number of aromatic carboxylic acids is 1. The molecule has 86 valence electrons. The van der Waals surface area contributed by atoms with Crippen LogP contribution in [0.5, 0.6) is 0 Å². The minimum absolute atomic E-state index is 0.379. The Kier molecular flexibility index (Phi) is 2.96. The van der Waals surface area contributed by atoms with Crippen LogP contribution in [0.4, 0.5) is 0 Å². The molecule has 2 heteroatoms. The molecular formula is C15H14O2. The van der Waals surface area contributed by atoms with E-state index in [1.807, 2.05) is 50.2 Å². The van der Waals surface area contributed by atoms with Crippen LogP contribution in [0.3, 0.4) is 0 Å². The maximum absolute atomic E-state index is 11.2. The van der Waals surface area contributed by atoms with Crippen LogP contribution < -0.4 is 0 Å². The van der Waals surface area contributed by atoms with Crippen molar-refractivity contribution in [1.29, 1.82) is 0 Å². The average Bonchev–Trinajstić information content (AvgIpc) is 2.33. The van der Waals surface area contributed by atoms with E-state index in [1.165, 1.54) is 0 Å². The van der Waals surface area contributed by atoms with Gasteiger partial charge in [0.1, 0.15) is 0 Å². The molecule has 0 saturated heterocycles. The van der Waals surface area contributed by atoms with Gasteiger partial charge in [-0.15, -0.1) is 0 Å². The molecule has 0 saturated carbocycles. The zero-order valence-corrected chi connectivity index (χ0v) is 9.90. The van der Waals surface area contributed by atoms with Crippen LogP contribution in [-0.4, -0.2) is 11.1 Å². The first-order valence-electron chi connectivity index (χ1n) is 5.49. The second-order valence-corrected chi connectivity index (χ2v) is 4.14. The monoisotopic (exact) mass is 226 g/mol. The molecule has 0 atom stereocenters. The molecule has 2 rings (SSSR count). The third-order valence-corrected chi connectivity index (χ3v) is 3.00. The standard InChI is InChI=1S/C15H14O2/c1-10-8-13(12-6-4-3-5-7-12)9-14(11(10)2)15(16)17/h3-9H,1-2H3,(H,16,17). The molecule has 0 amide bonds. The fourth-order valence-electron chi connectivity index (χ4n) is 1.88. The molecule has 0 heterocycles. The van der Waals surface area contributed by atoms with E-state index in [4.69, 9.17) is 5.11 Å². The van der Waals surface area contributed by atoms with Crippen molar-refractivity contribution in [3.8, 4) is 11.1 Å². The molecule has 0 aliphatic carbocycles. The van der Waals surface area contributed by atoms with Gasteiger partial charge < -0.3 is 5.11 Å². The van der Waals surface area contributed by atoms with E-state index in [1.54, 1.807) is 6.07 Å². The van der Waals surface area contributed by atoms with Crippen molar-refractivity contribution in [3.63, 3.8) is 0 Å². The highest BCUT2D eigenvalue weighted by Gasteiger charge is 2.11. The molecule has 0 bridgehead atoms. The van der Waals surface area contributed by atoms with Crippen molar-refractivity contribution < 1.29 is 9.90 Å². The first kappa shape index (κ1) is 11.4. The normalized spacial score (nSPS) is 10.2. The summed E-state index contributed by atoms with van der Waals surface area (Å²) in [6.45, 7) is 3.78. The highest BCUT2D eigenvalue weighted by molar-refractivity contribution is 5.91. The van der Waals surface area contributed by atoms with Gasteiger partial charge in [-0.05, 0) is 42.2 Å². The Morgan fingerprint density at radius 1 is 1.00 bits per heavy atom. The minimum Gasteiger partial charge on any atom is -0.478 e. The Balaban J connectivity index is 2.61. The number of carboxylic acids is 1. The van der Waals surface area contributed by atoms with Crippen molar-refractivity contribution in [2.24, 2.45) is 0 Å². The summed E-state index contributed by atoms with van der Waals surface area (Å²) in [4.78, 5) is 11.2. The van der Waals surface area contributed by atoms with Gasteiger partial charge in [0.05, 0.1) is 5.56 Å². The summed E-state index contributed by atoms with van der Waals surface area (Å²) in [5.41, 5.74) is 4.20. The highest BCUT2D eigenvalue weighted by atomic mass is 16.4. The number of benzene rings is 2. The molecule has 0 radical (unpaired) electrons. The van der Waals surface area contributed by atoms with Crippen LogP contribution in [0, 0.1) is 13.8 Å². The molecule has 0 fully saturated rings. The first-order valence-corrected chi connectivity index (χ1v) is 5.49. The van der Waals surface area contributed by atoms with E-state index in [9.17, 15) is 4.79 Å². The van der Waals surface area contributed by atoms with Crippen LogP contribution in [-0.2, 0) is 0 Å². The van der Waals surface area contributed by atoms with Gasteiger partial charge in [0, 0.05) is 0 Å². The van der Waals surface area contributed by atoms with Crippen molar-refractivity contribution in [2.75, 3.05) is 0 Å². The van der Waals surface area contributed by atoms with Gasteiger partial charge in [0.15, 0.2) is 0 Å². The molecule has 2 aromatic carbocycles. The van der Waals surface area contributed by atoms with Crippen LogP contribution >= 0.6 is 0 Å². The van der Waals surface area contributed by atoms with E-state index >= 15 is 0 Å². The Morgan fingerprint density at radius 2 is 1.65 bits per heavy atom. The molecule has 0 spiro atoms. The van der Waals surface area contributed by atoms with Crippen LogP contribution in [0.15, 0.2) is 42.5 Å². The van der Waals surface area contributed by atoms with Gasteiger partial charge in [0.25, 0.3) is 0 Å². The summed E-state index contributed by atoms with van der Waals surface area (Å²) in [5, 5.41) is 9.16. The van der Waals surface area contributed by atoms with Crippen molar-refractivity contribution in [3.05, 3.63) is 59.2 Å². The molecule has 17 heavy (non-hydrogen) atoms. The molecule has 2 aromatic rings. The molecule has 0 aromatic heterocycles. The SMILES string of the molecule is Cc1cc(-c2ccccc2)cc(C(=O)O)c1C. The summed E-state index contributed by atoms with van der Waals surface area (Å²) >= 11 is 0. The number of rotatable bonds is 2. The Morgan fingerprint density at radius 3 is 2.24 bits per heavy atom. The largest absolute Gasteiger partial charge is 0.478 e. The summed E-state index contributed by atoms with van der Waals surface area (Å²) in [7, 11) is 0. The van der Waals surface area contributed by atoms with Gasteiger partial charge in [-0.1, -0.05) is 36.4 Å². The topological polar surface area (TPSA) is 37.3 Å². The second-order valence-electron chi connectivity index (χ2n) is 4.14. The summed E-state index contributed by atoms with van der Waals surface area (Å²) in [6, 6.07) is 13.6. The molecule has 1 N–H and O–H groups in total. The van der Waals surface area contributed by atoms with E-state index in [2.05, 4.69) is 0 Å². The summed E-state index contributed by atoms with van der Waals surface area (Å²) in [6.07, 6.45) is 0. The summed E-state index contributed by atoms with van der Waals surface area (Å²) < 4.78 is 0. The predicted molar refractivity (Wildman–Crippen MR) is 68.3 cm³/mol. The fraction of sp³-hybridized carbons (Fsp3) is 0.133. The van der Waals surface area contributed by atoms with E-state index in [-0.39, 0.29) is 0 Å². The average molecular weight is 226 g/mol. The zero-order valence-electron chi connectivity index (χ0n) is 9.90. The molecule has 0 aliphatic rings. The highest BCUT2D eigenvalue weighted by Crippen LogP contribution is 2.25. The predicted octanol–water partition coefficient (Wildman–Crippen LogP) is 3.67. The first-order chi connectivity index (χ1) is 8.09. The van der Waals surface area contributed by atoms with Gasteiger partial charge in [0.2, 0.25) is 0 Å². The van der Waals surface area contributed by atoms with Crippen molar-refractivity contribution >= 4 is 5.97 Å². The van der Waals surface area contributed by atoms with Crippen molar-refractivity contribution in [2.45, 2.75) is 13.8 Å². The minimum atomic E-state index is -0.872. The molecular weight excluding hydrogens is 212 g/mol. The third-order valence-electron chi connectivity index (χ3n) is 3.00. The number of hydrogen-bond donors (Lipinski definition) is 1. The van der Waals surface area contributed by atoms with Crippen LogP contribution in [0.1, 0.15) is 21.5 Å². The van der Waals surface area contributed by atoms with E-state index in [0.29, 0.717) is 5.56 Å². The van der Waals surface area contributed by atoms with Crippen LogP contribution in [0.2, 0.25) is 0 Å². The zero-order chi connectivity index (χ0) is 12.4. The third kappa shape index (κ3) is 2.21. The fourth-order valence-corrected chi connectivity index (χ4v) is 1.88. The maximum atomic E-state index is 11.2. The molecule has 0 unspecified atom stereocenters. The number of aryl methyl sites for hydroxylation is 1. The Labute approximate surface area is 101 Å². The smallest absolute Gasteiger partial charge is 0.335 e. The quantitative estimate of drug-likeness (QED) is 0.848. The van der Waals surface area contributed by atoms with Gasteiger partial charge in [-0.3, -0.25) is 0 Å². The second kappa shape index (κ2) is 4.42.